The lowest BCUT2D eigenvalue weighted by molar-refractivity contribution is -0.130. The molecule has 3 nitrogen and oxygen atoms in total. The van der Waals surface area contributed by atoms with Crippen LogP contribution in [0, 0.1) is 0 Å². The molecule has 0 aromatic heterocycles. The summed E-state index contributed by atoms with van der Waals surface area (Å²) in [4.78, 5) is 11.4. The van der Waals surface area contributed by atoms with Crippen LogP contribution in [-0.2, 0) is 4.79 Å². The maximum Gasteiger partial charge on any atom is 0.336 e. The Labute approximate surface area is 115 Å². The maximum absolute atomic E-state index is 11.4. The largest absolute Gasteiger partial charge is 0.478 e. The molecule has 0 radical (unpaired) electrons. The third-order valence-corrected chi connectivity index (χ3v) is 2.93. The first kappa shape index (κ1) is 13.2. The van der Waals surface area contributed by atoms with Gasteiger partial charge in [-0.05, 0) is 35.4 Å². The minimum absolute atomic E-state index is 0.176. The summed E-state index contributed by atoms with van der Waals surface area (Å²) in [7, 11) is 0. The number of hydrogen-bond donors (Lipinski definition) is 2. The first-order valence-electron chi connectivity index (χ1n) is 5.63. The summed E-state index contributed by atoms with van der Waals surface area (Å²) in [5, 5.41) is 9.87. The number of carbonyl (C=O) groups is 1. The predicted octanol–water partition coefficient (Wildman–Crippen LogP) is 3.55. The van der Waals surface area contributed by atoms with E-state index in [1.807, 2.05) is 6.07 Å². The van der Waals surface area contributed by atoms with Crippen LogP contribution in [0.2, 0.25) is 5.02 Å². The molecule has 0 saturated heterocycles. The number of aliphatic carboxylic acids is 1. The van der Waals surface area contributed by atoms with Crippen LogP contribution >= 0.6 is 11.6 Å². The Morgan fingerprint density at radius 1 is 1.11 bits per heavy atom. The summed E-state index contributed by atoms with van der Waals surface area (Å²) in [6, 6.07) is 13.8. The number of nitrogen functional groups attached to an aromatic ring is 1. The Morgan fingerprint density at radius 3 is 2.32 bits per heavy atom. The molecule has 4 heteroatoms. The number of anilines is 1. The smallest absolute Gasteiger partial charge is 0.336 e. The number of para-hydroxylation sites is 1. The van der Waals surface area contributed by atoms with Gasteiger partial charge in [0.1, 0.15) is 0 Å². The van der Waals surface area contributed by atoms with Crippen molar-refractivity contribution in [3.8, 4) is 0 Å². The second-order valence-corrected chi connectivity index (χ2v) is 4.44. The van der Waals surface area contributed by atoms with Gasteiger partial charge in [-0.1, -0.05) is 41.9 Å². The molecule has 96 valence electrons. The molecule has 0 bridgehead atoms. The number of rotatable bonds is 3. The number of hydrogen-bond acceptors (Lipinski definition) is 2. The van der Waals surface area contributed by atoms with Crippen LogP contribution in [0.5, 0.6) is 0 Å². The average molecular weight is 274 g/mol. The lowest BCUT2D eigenvalue weighted by Crippen LogP contribution is -2.00. The van der Waals surface area contributed by atoms with Crippen LogP contribution in [-0.4, -0.2) is 11.1 Å². The van der Waals surface area contributed by atoms with Crippen molar-refractivity contribution in [2.24, 2.45) is 0 Å². The number of halogens is 1. The van der Waals surface area contributed by atoms with E-state index in [-0.39, 0.29) is 5.57 Å². The average Bonchev–Trinajstić information content (AvgIpc) is 2.39. The second-order valence-electron chi connectivity index (χ2n) is 4.00. The molecule has 0 fully saturated rings. The molecule has 2 aromatic carbocycles. The van der Waals surface area contributed by atoms with E-state index in [4.69, 9.17) is 17.3 Å². The van der Waals surface area contributed by atoms with Gasteiger partial charge in [0.15, 0.2) is 0 Å². The first-order chi connectivity index (χ1) is 9.08. The Morgan fingerprint density at radius 2 is 1.74 bits per heavy atom. The van der Waals surface area contributed by atoms with Crippen molar-refractivity contribution in [2.75, 3.05) is 5.73 Å². The predicted molar refractivity (Wildman–Crippen MR) is 77.8 cm³/mol. The quantitative estimate of drug-likeness (QED) is 0.511. The monoisotopic (exact) mass is 273 g/mol. The number of nitrogens with two attached hydrogens (primary N) is 1. The van der Waals surface area contributed by atoms with E-state index in [0.717, 1.165) is 0 Å². The molecule has 0 spiro atoms. The van der Waals surface area contributed by atoms with E-state index in [0.29, 0.717) is 21.8 Å². The van der Waals surface area contributed by atoms with Gasteiger partial charge < -0.3 is 10.8 Å². The zero-order valence-electron chi connectivity index (χ0n) is 10.0. The fraction of sp³-hybridized carbons (Fsp3) is 0. The summed E-state index contributed by atoms with van der Waals surface area (Å²) < 4.78 is 0. The second kappa shape index (κ2) is 5.59. The third kappa shape index (κ3) is 3.14. The van der Waals surface area contributed by atoms with E-state index in [9.17, 15) is 9.90 Å². The fourth-order valence-corrected chi connectivity index (χ4v) is 1.82. The van der Waals surface area contributed by atoms with Gasteiger partial charge in [-0.3, -0.25) is 0 Å². The van der Waals surface area contributed by atoms with E-state index in [1.54, 1.807) is 48.5 Å². The van der Waals surface area contributed by atoms with Crippen molar-refractivity contribution in [2.45, 2.75) is 0 Å². The van der Waals surface area contributed by atoms with Crippen molar-refractivity contribution in [3.05, 3.63) is 64.7 Å². The molecule has 0 aliphatic heterocycles. The minimum atomic E-state index is -1.01. The highest BCUT2D eigenvalue weighted by Crippen LogP contribution is 2.23. The molecule has 0 aliphatic carbocycles. The normalized spacial score (nSPS) is 11.3. The van der Waals surface area contributed by atoms with E-state index in [1.165, 1.54) is 0 Å². The summed E-state index contributed by atoms with van der Waals surface area (Å²) in [6.07, 6.45) is 1.56. The zero-order valence-corrected chi connectivity index (χ0v) is 10.8. The Bertz CT molecular complexity index is 633. The molecule has 0 amide bonds. The standard InChI is InChI=1S/C15H12ClNO2/c16-12-7-5-10(6-8-12)13(15(18)19)9-11-3-1-2-4-14(11)17/h1-9H,17H2,(H,18,19)/b13-9-. The topological polar surface area (TPSA) is 63.3 Å². The van der Waals surface area contributed by atoms with Crippen LogP contribution in [0.1, 0.15) is 11.1 Å². The lowest BCUT2D eigenvalue weighted by Gasteiger charge is -2.05. The number of carboxylic acids is 1. The highest BCUT2D eigenvalue weighted by Gasteiger charge is 2.11. The molecular formula is C15H12ClNO2. The fourth-order valence-electron chi connectivity index (χ4n) is 1.70. The minimum Gasteiger partial charge on any atom is -0.478 e. The van der Waals surface area contributed by atoms with Gasteiger partial charge in [0, 0.05) is 10.7 Å². The van der Waals surface area contributed by atoms with E-state index >= 15 is 0 Å². The van der Waals surface area contributed by atoms with Gasteiger partial charge in [0.2, 0.25) is 0 Å². The van der Waals surface area contributed by atoms with Crippen molar-refractivity contribution in [1.29, 1.82) is 0 Å². The van der Waals surface area contributed by atoms with Gasteiger partial charge in [0.05, 0.1) is 5.57 Å². The highest BCUT2D eigenvalue weighted by molar-refractivity contribution is 6.30. The SMILES string of the molecule is Nc1ccccc1/C=C(\C(=O)O)c1ccc(Cl)cc1. The summed E-state index contributed by atoms with van der Waals surface area (Å²) in [5.41, 5.74) is 7.78. The molecule has 2 aromatic rings. The van der Waals surface area contributed by atoms with Gasteiger partial charge in [-0.25, -0.2) is 4.79 Å². The molecule has 0 atom stereocenters. The van der Waals surface area contributed by atoms with Gasteiger partial charge in [-0.2, -0.15) is 0 Å². The van der Waals surface area contributed by atoms with E-state index in [2.05, 4.69) is 0 Å². The molecule has 0 saturated carbocycles. The van der Waals surface area contributed by atoms with Crippen molar-refractivity contribution >= 4 is 34.9 Å². The van der Waals surface area contributed by atoms with Crippen molar-refractivity contribution < 1.29 is 9.90 Å². The van der Waals surface area contributed by atoms with Gasteiger partial charge >= 0.3 is 5.97 Å². The van der Waals surface area contributed by atoms with Crippen molar-refractivity contribution in [3.63, 3.8) is 0 Å². The van der Waals surface area contributed by atoms with Crippen LogP contribution in [0.25, 0.3) is 11.6 Å². The van der Waals surface area contributed by atoms with Crippen LogP contribution in [0.15, 0.2) is 48.5 Å². The van der Waals surface area contributed by atoms with E-state index < -0.39 is 5.97 Å². The molecule has 3 N–H and O–H groups in total. The van der Waals surface area contributed by atoms with Crippen LogP contribution in [0.3, 0.4) is 0 Å². The summed E-state index contributed by atoms with van der Waals surface area (Å²) >= 11 is 5.79. The lowest BCUT2D eigenvalue weighted by atomic mass is 10.0. The molecule has 19 heavy (non-hydrogen) atoms. The number of carboxylic acid groups (broad SMARTS) is 1. The highest BCUT2D eigenvalue weighted by atomic mass is 35.5. The number of benzene rings is 2. The van der Waals surface area contributed by atoms with Crippen molar-refractivity contribution in [1.82, 2.24) is 0 Å². The van der Waals surface area contributed by atoms with Gasteiger partial charge in [-0.15, -0.1) is 0 Å². The Kier molecular flexibility index (Phi) is 3.88. The molecular weight excluding hydrogens is 262 g/mol. The Hall–Kier alpha value is -2.26. The summed E-state index contributed by atoms with van der Waals surface area (Å²) in [6.45, 7) is 0. The molecule has 0 aliphatic rings. The Balaban J connectivity index is 2.50. The first-order valence-corrected chi connectivity index (χ1v) is 6.01. The summed E-state index contributed by atoms with van der Waals surface area (Å²) in [5.74, 6) is -1.01. The molecule has 2 rings (SSSR count). The van der Waals surface area contributed by atoms with Crippen LogP contribution < -0.4 is 5.73 Å². The molecule has 0 unspecified atom stereocenters. The molecule has 0 heterocycles. The zero-order chi connectivity index (χ0) is 13.8. The maximum atomic E-state index is 11.4. The van der Waals surface area contributed by atoms with Crippen LogP contribution in [0.4, 0.5) is 5.69 Å². The third-order valence-electron chi connectivity index (χ3n) is 2.68. The van der Waals surface area contributed by atoms with Gasteiger partial charge in [0.25, 0.3) is 0 Å².